The van der Waals surface area contributed by atoms with Gasteiger partial charge in [-0.05, 0) is 19.9 Å². The van der Waals surface area contributed by atoms with Crippen molar-refractivity contribution in [2.45, 2.75) is 20.0 Å². The number of rotatable bonds is 4. The number of carbonyl (C=O) groups is 2. The van der Waals surface area contributed by atoms with Crippen molar-refractivity contribution in [2.75, 3.05) is 6.54 Å². The van der Waals surface area contributed by atoms with Crippen LogP contribution < -0.4 is 5.32 Å². The van der Waals surface area contributed by atoms with E-state index in [0.717, 1.165) is 10.1 Å². The van der Waals surface area contributed by atoms with Gasteiger partial charge in [-0.15, -0.1) is 11.3 Å². The van der Waals surface area contributed by atoms with E-state index in [-0.39, 0.29) is 18.6 Å². The number of carbonyl (C=O) groups excluding carboxylic acids is 2. The van der Waals surface area contributed by atoms with E-state index >= 15 is 0 Å². The van der Waals surface area contributed by atoms with Gasteiger partial charge in [0.2, 0.25) is 0 Å². The van der Waals surface area contributed by atoms with E-state index < -0.39 is 5.97 Å². The zero-order chi connectivity index (χ0) is 14.7. The molecule has 20 heavy (non-hydrogen) atoms. The molecule has 4 nitrogen and oxygen atoms in total. The van der Waals surface area contributed by atoms with E-state index in [1.54, 1.807) is 13.8 Å². The molecule has 0 spiro atoms. The van der Waals surface area contributed by atoms with E-state index in [0.29, 0.717) is 9.90 Å². The first-order valence-corrected chi connectivity index (χ1v) is 7.33. The van der Waals surface area contributed by atoms with Crippen molar-refractivity contribution in [3.8, 4) is 0 Å². The predicted molar refractivity (Wildman–Crippen MR) is 80.4 cm³/mol. The molecular formula is C14H14ClNO3S. The molecule has 2 aromatic rings. The van der Waals surface area contributed by atoms with Crippen LogP contribution in [0.4, 0.5) is 0 Å². The van der Waals surface area contributed by atoms with Gasteiger partial charge in [0.15, 0.2) is 0 Å². The Balaban J connectivity index is 2.08. The number of hydrogen-bond donors (Lipinski definition) is 1. The molecule has 0 saturated carbocycles. The van der Waals surface area contributed by atoms with Crippen molar-refractivity contribution in [1.29, 1.82) is 0 Å². The van der Waals surface area contributed by atoms with Crippen molar-refractivity contribution in [1.82, 2.24) is 5.32 Å². The first kappa shape index (κ1) is 14.8. The lowest BCUT2D eigenvalue weighted by Crippen LogP contribution is -2.31. The third-order valence-electron chi connectivity index (χ3n) is 2.50. The van der Waals surface area contributed by atoms with Crippen molar-refractivity contribution in [3.63, 3.8) is 0 Å². The monoisotopic (exact) mass is 311 g/mol. The van der Waals surface area contributed by atoms with Crippen molar-refractivity contribution >= 4 is 44.9 Å². The predicted octanol–water partition coefficient (Wildman–Crippen LogP) is 3.24. The number of benzene rings is 1. The van der Waals surface area contributed by atoms with Gasteiger partial charge in [-0.2, -0.15) is 0 Å². The SMILES string of the molecule is CC(C)OC(=O)CNC(=O)c1sc2ccccc2c1Cl. The Labute approximate surface area is 125 Å². The zero-order valence-electron chi connectivity index (χ0n) is 11.1. The standard InChI is InChI=1S/C14H14ClNO3S/c1-8(2)19-11(17)7-16-14(18)13-12(15)9-5-3-4-6-10(9)20-13/h3-6,8H,7H2,1-2H3,(H,16,18). The minimum atomic E-state index is -0.467. The maximum absolute atomic E-state index is 12.0. The fourth-order valence-electron chi connectivity index (χ4n) is 1.70. The summed E-state index contributed by atoms with van der Waals surface area (Å²) in [5.74, 6) is -0.831. The molecule has 0 atom stereocenters. The van der Waals surface area contributed by atoms with Crippen molar-refractivity contribution < 1.29 is 14.3 Å². The van der Waals surface area contributed by atoms with Crippen LogP contribution in [0.2, 0.25) is 5.02 Å². The van der Waals surface area contributed by atoms with Crippen LogP contribution in [0.25, 0.3) is 10.1 Å². The van der Waals surface area contributed by atoms with Gasteiger partial charge in [0.1, 0.15) is 11.4 Å². The number of amides is 1. The van der Waals surface area contributed by atoms with Gasteiger partial charge in [0.05, 0.1) is 11.1 Å². The second-order valence-electron chi connectivity index (χ2n) is 4.46. The van der Waals surface area contributed by atoms with Crippen LogP contribution in [0.15, 0.2) is 24.3 Å². The molecule has 1 aromatic heterocycles. The molecule has 1 aromatic carbocycles. The molecule has 1 amide bonds. The van der Waals surface area contributed by atoms with Crippen LogP contribution >= 0.6 is 22.9 Å². The van der Waals surface area contributed by atoms with Gasteiger partial charge < -0.3 is 10.1 Å². The van der Waals surface area contributed by atoms with Crippen LogP contribution in [0.3, 0.4) is 0 Å². The lowest BCUT2D eigenvalue weighted by molar-refractivity contribution is -0.146. The lowest BCUT2D eigenvalue weighted by Gasteiger charge is -2.08. The molecule has 106 valence electrons. The average Bonchev–Trinajstić information content (AvgIpc) is 2.73. The summed E-state index contributed by atoms with van der Waals surface area (Å²) in [5, 5.41) is 3.78. The number of nitrogens with one attached hydrogen (secondary N) is 1. The Kier molecular flexibility index (Phi) is 4.62. The number of ether oxygens (including phenoxy) is 1. The van der Waals surface area contributed by atoms with Crippen molar-refractivity contribution in [3.05, 3.63) is 34.2 Å². The van der Waals surface area contributed by atoms with Gasteiger partial charge in [-0.25, -0.2) is 0 Å². The second kappa shape index (κ2) is 6.24. The summed E-state index contributed by atoms with van der Waals surface area (Å²) in [6.07, 6.45) is -0.202. The molecule has 0 saturated heterocycles. The maximum Gasteiger partial charge on any atom is 0.325 e. The number of esters is 1. The second-order valence-corrected chi connectivity index (χ2v) is 5.89. The Morgan fingerprint density at radius 1 is 1.35 bits per heavy atom. The number of thiophene rings is 1. The van der Waals surface area contributed by atoms with Crippen LogP contribution in [0, 0.1) is 0 Å². The highest BCUT2D eigenvalue weighted by atomic mass is 35.5. The Morgan fingerprint density at radius 3 is 2.70 bits per heavy atom. The minimum Gasteiger partial charge on any atom is -0.462 e. The summed E-state index contributed by atoms with van der Waals surface area (Å²) in [6, 6.07) is 7.51. The van der Waals surface area contributed by atoms with Gasteiger partial charge in [0.25, 0.3) is 5.91 Å². The Hall–Kier alpha value is -1.59. The normalized spacial score (nSPS) is 10.8. The maximum atomic E-state index is 12.0. The van der Waals surface area contributed by atoms with Crippen LogP contribution in [-0.2, 0) is 9.53 Å². The molecular weight excluding hydrogens is 298 g/mol. The fraction of sp³-hybridized carbons (Fsp3) is 0.286. The van der Waals surface area contributed by atoms with Gasteiger partial charge in [-0.1, -0.05) is 29.8 Å². The largest absolute Gasteiger partial charge is 0.462 e. The van der Waals surface area contributed by atoms with Gasteiger partial charge >= 0.3 is 5.97 Å². The molecule has 6 heteroatoms. The molecule has 1 heterocycles. The quantitative estimate of drug-likeness (QED) is 0.882. The molecule has 0 radical (unpaired) electrons. The number of fused-ring (bicyclic) bond motifs is 1. The molecule has 0 aliphatic rings. The minimum absolute atomic E-state index is 0.165. The molecule has 0 unspecified atom stereocenters. The summed E-state index contributed by atoms with van der Waals surface area (Å²) in [5.41, 5.74) is 0. The zero-order valence-corrected chi connectivity index (χ0v) is 12.7. The third kappa shape index (κ3) is 3.29. The van der Waals surface area contributed by atoms with E-state index in [2.05, 4.69) is 5.32 Å². The van der Waals surface area contributed by atoms with E-state index in [1.165, 1.54) is 11.3 Å². The first-order valence-electron chi connectivity index (χ1n) is 6.13. The summed E-state index contributed by atoms with van der Waals surface area (Å²) in [4.78, 5) is 23.8. The highest BCUT2D eigenvalue weighted by Gasteiger charge is 2.17. The van der Waals surface area contributed by atoms with Crippen LogP contribution in [0.5, 0.6) is 0 Å². The third-order valence-corrected chi connectivity index (χ3v) is 4.18. The Bertz CT molecular complexity index is 651. The van der Waals surface area contributed by atoms with Crippen LogP contribution in [0.1, 0.15) is 23.5 Å². The summed E-state index contributed by atoms with van der Waals surface area (Å²) in [7, 11) is 0. The molecule has 0 bridgehead atoms. The highest BCUT2D eigenvalue weighted by molar-refractivity contribution is 7.21. The molecule has 2 rings (SSSR count). The molecule has 0 aliphatic carbocycles. The van der Waals surface area contributed by atoms with E-state index in [1.807, 2.05) is 24.3 Å². The first-order chi connectivity index (χ1) is 9.49. The highest BCUT2D eigenvalue weighted by Crippen LogP contribution is 2.34. The molecule has 1 N–H and O–H groups in total. The average molecular weight is 312 g/mol. The van der Waals surface area contributed by atoms with Crippen molar-refractivity contribution in [2.24, 2.45) is 0 Å². The Morgan fingerprint density at radius 2 is 2.05 bits per heavy atom. The van der Waals surface area contributed by atoms with Crippen LogP contribution in [-0.4, -0.2) is 24.5 Å². The fourth-order valence-corrected chi connectivity index (χ4v) is 3.13. The number of hydrogen-bond acceptors (Lipinski definition) is 4. The summed E-state index contributed by atoms with van der Waals surface area (Å²) < 4.78 is 5.88. The van der Waals surface area contributed by atoms with Gasteiger partial charge in [0, 0.05) is 10.1 Å². The number of halogens is 1. The lowest BCUT2D eigenvalue weighted by atomic mass is 10.2. The smallest absolute Gasteiger partial charge is 0.325 e. The summed E-state index contributed by atoms with van der Waals surface area (Å²) in [6.45, 7) is 3.34. The topological polar surface area (TPSA) is 55.4 Å². The molecule has 0 fully saturated rings. The summed E-state index contributed by atoms with van der Waals surface area (Å²) >= 11 is 7.49. The van der Waals surface area contributed by atoms with Gasteiger partial charge in [-0.3, -0.25) is 9.59 Å². The van der Waals surface area contributed by atoms with E-state index in [4.69, 9.17) is 16.3 Å². The van der Waals surface area contributed by atoms with E-state index in [9.17, 15) is 9.59 Å². The molecule has 0 aliphatic heterocycles.